The number of hydrogen-bond acceptors (Lipinski definition) is 7. The Morgan fingerprint density at radius 3 is 1.90 bits per heavy atom. The topological polar surface area (TPSA) is 140 Å². The summed E-state index contributed by atoms with van der Waals surface area (Å²) in [4.78, 5) is 49.9. The van der Waals surface area contributed by atoms with Crippen molar-refractivity contribution >= 4 is 24.1 Å². The zero-order valence-corrected chi connectivity index (χ0v) is 23.7. The van der Waals surface area contributed by atoms with Gasteiger partial charge in [0.2, 0.25) is 0 Å². The Bertz CT molecular complexity index is 1190. The highest BCUT2D eigenvalue weighted by molar-refractivity contribution is 5.84. The number of ether oxygens (including phenoxy) is 3. The minimum atomic E-state index is -1.56. The van der Waals surface area contributed by atoms with Gasteiger partial charge in [0.1, 0.15) is 24.4 Å². The van der Waals surface area contributed by atoms with E-state index in [0.29, 0.717) is 6.42 Å². The Hall–Kier alpha value is -4.08. The van der Waals surface area contributed by atoms with Crippen molar-refractivity contribution in [2.45, 2.75) is 77.7 Å². The van der Waals surface area contributed by atoms with Gasteiger partial charge in [-0.2, -0.15) is 0 Å². The Balaban J connectivity index is 1.65. The molecule has 4 atom stereocenters. The predicted molar refractivity (Wildman–Crippen MR) is 148 cm³/mol. The summed E-state index contributed by atoms with van der Waals surface area (Å²) < 4.78 is 16.1. The third-order valence-electron chi connectivity index (χ3n) is 6.79. The highest BCUT2D eigenvalue weighted by Crippen LogP contribution is 2.44. The van der Waals surface area contributed by atoms with Crippen molar-refractivity contribution in [1.82, 2.24) is 10.6 Å². The van der Waals surface area contributed by atoms with Crippen LogP contribution in [-0.4, -0.2) is 59.6 Å². The highest BCUT2D eigenvalue weighted by atomic mass is 16.6. The van der Waals surface area contributed by atoms with E-state index in [0.717, 1.165) is 22.3 Å². The quantitative estimate of drug-likeness (QED) is 0.280. The monoisotopic (exact) mass is 554 g/mol. The fourth-order valence-corrected chi connectivity index (χ4v) is 4.58. The van der Waals surface area contributed by atoms with Gasteiger partial charge in [-0.3, -0.25) is 0 Å². The smallest absolute Gasteiger partial charge is 0.408 e. The summed E-state index contributed by atoms with van der Waals surface area (Å²) in [6, 6.07) is 13.2. The van der Waals surface area contributed by atoms with Gasteiger partial charge in [0.25, 0.3) is 0 Å². The van der Waals surface area contributed by atoms with Crippen molar-refractivity contribution in [3.8, 4) is 11.1 Å². The first-order chi connectivity index (χ1) is 18.8. The van der Waals surface area contributed by atoms with Crippen LogP contribution in [-0.2, 0) is 23.8 Å². The maximum atomic E-state index is 13.1. The SMILES string of the molecule is CCC(C)C(NC(=O)OCC1c2ccccc2-c2ccccc21)C(=O)OC(C)C(NC(=O)OC(C)(C)C)C(=O)O. The molecule has 0 saturated heterocycles. The number of aliphatic carboxylic acids is 1. The molecule has 3 N–H and O–H groups in total. The number of nitrogens with one attached hydrogen (secondary N) is 2. The van der Waals surface area contributed by atoms with E-state index in [-0.39, 0.29) is 18.4 Å². The van der Waals surface area contributed by atoms with Crippen LogP contribution in [0.15, 0.2) is 48.5 Å². The third kappa shape index (κ3) is 7.52. The standard InChI is InChI=1S/C30H38N2O8/c1-7-17(2)24(27(35)39-18(3)25(26(33)34)32-29(37)40-30(4,5)6)31-28(36)38-16-23-21-14-10-8-12-19(21)20-13-9-11-15-22(20)23/h8-15,17-18,23-25H,7,16H2,1-6H3,(H,31,36)(H,32,37)(H,33,34). The number of carboxylic acid groups (broad SMARTS) is 1. The minimum Gasteiger partial charge on any atom is -0.480 e. The molecule has 216 valence electrons. The lowest BCUT2D eigenvalue weighted by atomic mass is 9.98. The maximum absolute atomic E-state index is 13.1. The summed E-state index contributed by atoms with van der Waals surface area (Å²) in [6.07, 6.45) is -2.49. The minimum absolute atomic E-state index is 0.0689. The lowest BCUT2D eigenvalue weighted by Gasteiger charge is -2.28. The molecule has 0 heterocycles. The second-order valence-corrected chi connectivity index (χ2v) is 10.9. The molecular weight excluding hydrogens is 516 g/mol. The number of carbonyl (C=O) groups excluding carboxylic acids is 3. The van der Waals surface area contributed by atoms with Crippen LogP contribution in [0.2, 0.25) is 0 Å². The summed E-state index contributed by atoms with van der Waals surface area (Å²) >= 11 is 0. The second-order valence-electron chi connectivity index (χ2n) is 10.9. The number of hydrogen-bond donors (Lipinski definition) is 3. The van der Waals surface area contributed by atoms with Crippen LogP contribution in [0.4, 0.5) is 9.59 Å². The summed E-state index contributed by atoms with van der Waals surface area (Å²) in [6.45, 7) is 9.92. The number of fused-ring (bicyclic) bond motifs is 3. The van der Waals surface area contributed by atoms with Crippen LogP contribution in [0.3, 0.4) is 0 Å². The molecule has 1 aliphatic rings. The zero-order chi connectivity index (χ0) is 29.6. The molecule has 10 nitrogen and oxygen atoms in total. The van der Waals surface area contributed by atoms with Gasteiger partial charge in [0.15, 0.2) is 6.04 Å². The van der Waals surface area contributed by atoms with E-state index in [4.69, 9.17) is 14.2 Å². The van der Waals surface area contributed by atoms with Gasteiger partial charge in [-0.25, -0.2) is 19.2 Å². The summed E-state index contributed by atoms with van der Waals surface area (Å²) in [5, 5.41) is 14.4. The predicted octanol–water partition coefficient (Wildman–Crippen LogP) is 4.85. The number of benzene rings is 2. The van der Waals surface area contributed by atoms with E-state index in [1.54, 1.807) is 27.7 Å². The van der Waals surface area contributed by atoms with E-state index < -0.39 is 47.9 Å². The zero-order valence-electron chi connectivity index (χ0n) is 23.7. The van der Waals surface area contributed by atoms with Gasteiger partial charge >= 0.3 is 24.1 Å². The largest absolute Gasteiger partial charge is 0.480 e. The second kappa shape index (κ2) is 12.8. The van der Waals surface area contributed by atoms with Crippen LogP contribution in [0.25, 0.3) is 11.1 Å². The highest BCUT2D eigenvalue weighted by Gasteiger charge is 2.36. The van der Waals surface area contributed by atoms with E-state index in [1.165, 1.54) is 6.92 Å². The normalized spacial score (nSPS) is 15.4. The molecule has 2 amide bonds. The van der Waals surface area contributed by atoms with Gasteiger partial charge in [0, 0.05) is 5.92 Å². The van der Waals surface area contributed by atoms with Crippen LogP contribution in [0.5, 0.6) is 0 Å². The van der Waals surface area contributed by atoms with Gasteiger partial charge < -0.3 is 30.0 Å². The molecule has 2 aromatic carbocycles. The first kappa shape index (κ1) is 30.5. The number of amides is 2. The fourth-order valence-electron chi connectivity index (χ4n) is 4.58. The Kier molecular flexibility index (Phi) is 9.78. The van der Waals surface area contributed by atoms with E-state index in [1.807, 2.05) is 55.5 Å². The maximum Gasteiger partial charge on any atom is 0.408 e. The van der Waals surface area contributed by atoms with E-state index in [2.05, 4.69) is 10.6 Å². The summed E-state index contributed by atoms with van der Waals surface area (Å²) in [5.74, 6) is -2.74. The van der Waals surface area contributed by atoms with Crippen LogP contribution in [0, 0.1) is 5.92 Å². The number of carboxylic acids is 1. The molecule has 0 bridgehead atoms. The Morgan fingerprint density at radius 2 is 1.40 bits per heavy atom. The van der Waals surface area contributed by atoms with Gasteiger partial charge in [-0.15, -0.1) is 0 Å². The molecular formula is C30H38N2O8. The molecule has 10 heteroatoms. The van der Waals surface area contributed by atoms with Crippen molar-refractivity contribution in [2.75, 3.05) is 6.61 Å². The first-order valence-electron chi connectivity index (χ1n) is 13.4. The average Bonchev–Trinajstić information content (AvgIpc) is 3.21. The Morgan fingerprint density at radius 1 is 0.875 bits per heavy atom. The third-order valence-corrected chi connectivity index (χ3v) is 6.79. The van der Waals surface area contributed by atoms with Crippen LogP contribution < -0.4 is 10.6 Å². The molecule has 40 heavy (non-hydrogen) atoms. The molecule has 0 spiro atoms. The van der Waals surface area contributed by atoms with Crippen LogP contribution >= 0.6 is 0 Å². The summed E-state index contributed by atoms with van der Waals surface area (Å²) in [7, 11) is 0. The molecule has 0 aromatic heterocycles. The molecule has 3 rings (SSSR count). The van der Waals surface area contributed by atoms with Crippen molar-refractivity contribution in [1.29, 1.82) is 0 Å². The molecule has 0 aliphatic heterocycles. The number of esters is 1. The molecule has 0 saturated carbocycles. The number of carbonyl (C=O) groups is 4. The molecule has 1 aliphatic carbocycles. The van der Waals surface area contributed by atoms with E-state index in [9.17, 15) is 24.3 Å². The van der Waals surface area contributed by atoms with Crippen molar-refractivity contribution in [3.05, 3.63) is 59.7 Å². The molecule has 2 aromatic rings. The lowest BCUT2D eigenvalue weighted by Crippen LogP contribution is -2.53. The Labute approximate surface area is 234 Å². The van der Waals surface area contributed by atoms with Gasteiger partial charge in [-0.1, -0.05) is 68.8 Å². The number of rotatable bonds is 10. The summed E-state index contributed by atoms with van der Waals surface area (Å²) in [5.41, 5.74) is 3.45. The van der Waals surface area contributed by atoms with Gasteiger partial charge in [0.05, 0.1) is 0 Å². The lowest BCUT2D eigenvalue weighted by molar-refractivity contribution is -0.157. The van der Waals surface area contributed by atoms with Crippen molar-refractivity contribution in [2.24, 2.45) is 5.92 Å². The molecule has 0 fully saturated rings. The van der Waals surface area contributed by atoms with Gasteiger partial charge in [-0.05, 0) is 55.9 Å². The molecule has 4 unspecified atom stereocenters. The van der Waals surface area contributed by atoms with Crippen molar-refractivity contribution in [3.63, 3.8) is 0 Å². The first-order valence-corrected chi connectivity index (χ1v) is 13.4. The van der Waals surface area contributed by atoms with E-state index >= 15 is 0 Å². The fraction of sp³-hybridized carbons (Fsp3) is 0.467. The average molecular weight is 555 g/mol. The molecule has 0 radical (unpaired) electrons. The number of alkyl carbamates (subject to hydrolysis) is 2. The van der Waals surface area contributed by atoms with Crippen LogP contribution in [0.1, 0.15) is 65.0 Å². The van der Waals surface area contributed by atoms with Crippen molar-refractivity contribution < 1.29 is 38.5 Å².